The van der Waals surface area contributed by atoms with E-state index in [2.05, 4.69) is 14.5 Å². The second-order valence-electron chi connectivity index (χ2n) is 4.85. The Morgan fingerprint density at radius 3 is 2.90 bits per heavy atom. The van der Waals surface area contributed by atoms with E-state index in [0.717, 1.165) is 46.6 Å². The third kappa shape index (κ3) is 3.01. The first kappa shape index (κ1) is 14.3. The van der Waals surface area contributed by atoms with Crippen molar-refractivity contribution < 1.29 is 5.21 Å². The van der Waals surface area contributed by atoms with E-state index in [1.54, 1.807) is 0 Å². The molecule has 110 valence electrons. The van der Waals surface area contributed by atoms with Crippen molar-refractivity contribution in [2.75, 3.05) is 0 Å². The summed E-state index contributed by atoms with van der Waals surface area (Å²) in [6, 6.07) is 1.99. The quantitative estimate of drug-likeness (QED) is 0.390. The summed E-state index contributed by atoms with van der Waals surface area (Å²) in [4.78, 5) is 9.05. The van der Waals surface area contributed by atoms with E-state index in [1.807, 2.05) is 13.0 Å². The summed E-state index contributed by atoms with van der Waals surface area (Å²) in [5, 5.41) is 12.8. The van der Waals surface area contributed by atoms with Gasteiger partial charge in [0, 0.05) is 5.69 Å². The fraction of sp³-hybridized carbons (Fsp3) is 0.385. The predicted molar refractivity (Wildman–Crippen MR) is 82.2 cm³/mol. The summed E-state index contributed by atoms with van der Waals surface area (Å²) in [6.45, 7) is 1.85. The maximum atomic E-state index is 8.99. The van der Waals surface area contributed by atoms with Crippen LogP contribution in [0.15, 0.2) is 20.6 Å². The van der Waals surface area contributed by atoms with Crippen LogP contribution >= 0.6 is 23.3 Å². The van der Waals surface area contributed by atoms with Gasteiger partial charge in [0.1, 0.15) is 10.9 Å². The van der Waals surface area contributed by atoms with Gasteiger partial charge >= 0.3 is 0 Å². The number of amidine groups is 1. The average molecular weight is 321 g/mol. The van der Waals surface area contributed by atoms with E-state index in [1.165, 1.54) is 28.9 Å². The van der Waals surface area contributed by atoms with E-state index in [-0.39, 0.29) is 5.84 Å². The first-order valence-electron chi connectivity index (χ1n) is 6.66. The number of aryl methyl sites for hydroxylation is 3. The van der Waals surface area contributed by atoms with Crippen molar-refractivity contribution in [1.29, 1.82) is 0 Å². The zero-order valence-electron chi connectivity index (χ0n) is 11.5. The average Bonchev–Trinajstić information content (AvgIpc) is 2.91. The molecule has 1 aliphatic rings. The van der Waals surface area contributed by atoms with Gasteiger partial charge in [-0.15, -0.1) is 0 Å². The van der Waals surface area contributed by atoms with E-state index in [9.17, 15) is 0 Å². The SMILES string of the molecule is Cc1nsc(Sc2nc3c(cc2C(N)=NO)CCCC3)n1. The molecule has 0 spiro atoms. The minimum atomic E-state index is 0.0830. The van der Waals surface area contributed by atoms with Gasteiger partial charge in [0.25, 0.3) is 0 Å². The van der Waals surface area contributed by atoms with Crippen molar-refractivity contribution >= 4 is 29.1 Å². The Morgan fingerprint density at radius 1 is 1.38 bits per heavy atom. The van der Waals surface area contributed by atoms with Crippen molar-refractivity contribution in [2.24, 2.45) is 10.9 Å². The van der Waals surface area contributed by atoms with Gasteiger partial charge in [0.05, 0.1) is 5.56 Å². The Hall–Kier alpha value is -1.67. The van der Waals surface area contributed by atoms with Crippen LogP contribution in [-0.2, 0) is 12.8 Å². The summed E-state index contributed by atoms with van der Waals surface area (Å²) in [5.74, 6) is 0.824. The van der Waals surface area contributed by atoms with Crippen molar-refractivity contribution in [3.05, 3.63) is 28.7 Å². The highest BCUT2D eigenvalue weighted by atomic mass is 32.2. The molecule has 0 fully saturated rings. The number of hydrogen-bond acceptors (Lipinski definition) is 7. The largest absolute Gasteiger partial charge is 0.409 e. The number of fused-ring (bicyclic) bond motifs is 1. The maximum absolute atomic E-state index is 8.99. The lowest BCUT2D eigenvalue weighted by Gasteiger charge is -2.17. The molecule has 8 heteroatoms. The fourth-order valence-corrected chi connectivity index (χ4v) is 4.03. The molecule has 0 saturated carbocycles. The fourth-order valence-electron chi connectivity index (χ4n) is 2.33. The second kappa shape index (κ2) is 5.98. The molecular formula is C13H15N5OS2. The highest BCUT2D eigenvalue weighted by Gasteiger charge is 2.19. The number of pyridine rings is 1. The number of oxime groups is 1. The van der Waals surface area contributed by atoms with Gasteiger partial charge in [-0.3, -0.25) is 0 Å². The van der Waals surface area contributed by atoms with Gasteiger partial charge in [-0.1, -0.05) is 5.16 Å². The molecule has 1 aliphatic carbocycles. The summed E-state index contributed by atoms with van der Waals surface area (Å²) < 4.78 is 4.97. The third-order valence-electron chi connectivity index (χ3n) is 3.34. The Labute approximate surface area is 130 Å². The van der Waals surface area contributed by atoms with Gasteiger partial charge in [-0.05, 0) is 67.5 Å². The minimum absolute atomic E-state index is 0.0830. The zero-order valence-corrected chi connectivity index (χ0v) is 13.2. The van der Waals surface area contributed by atoms with Gasteiger partial charge in [-0.25, -0.2) is 9.97 Å². The van der Waals surface area contributed by atoms with Crippen LogP contribution < -0.4 is 5.73 Å². The first-order valence-corrected chi connectivity index (χ1v) is 8.25. The van der Waals surface area contributed by atoms with Crippen LogP contribution in [0.3, 0.4) is 0 Å². The number of nitrogens with zero attached hydrogens (tertiary/aromatic N) is 4. The lowest BCUT2D eigenvalue weighted by Crippen LogP contribution is -2.17. The zero-order chi connectivity index (χ0) is 14.8. The molecule has 0 atom stereocenters. The molecule has 0 bridgehead atoms. The number of aromatic nitrogens is 3. The lowest BCUT2D eigenvalue weighted by atomic mass is 9.95. The summed E-state index contributed by atoms with van der Waals surface area (Å²) in [6.07, 6.45) is 4.29. The van der Waals surface area contributed by atoms with E-state index in [4.69, 9.17) is 15.9 Å². The van der Waals surface area contributed by atoms with E-state index in [0.29, 0.717) is 5.56 Å². The van der Waals surface area contributed by atoms with Gasteiger partial charge in [0.15, 0.2) is 10.2 Å². The maximum Gasteiger partial charge on any atom is 0.176 e. The van der Waals surface area contributed by atoms with E-state index >= 15 is 0 Å². The normalized spacial score (nSPS) is 15.0. The number of nitrogens with two attached hydrogens (primary N) is 1. The standard InChI is InChI=1S/C13H15N5OS2/c1-7-15-13(21-18-7)20-12-9(11(14)17-19)6-8-4-2-3-5-10(8)16-12/h6,19H,2-5H2,1H3,(H2,14,17). The molecule has 2 aromatic heterocycles. The van der Waals surface area contributed by atoms with Crippen LogP contribution in [0.25, 0.3) is 0 Å². The van der Waals surface area contributed by atoms with Crippen LogP contribution in [0.2, 0.25) is 0 Å². The molecule has 6 nitrogen and oxygen atoms in total. The molecule has 0 unspecified atom stereocenters. The molecule has 3 rings (SSSR count). The van der Waals surface area contributed by atoms with Crippen LogP contribution in [0, 0.1) is 6.92 Å². The molecule has 0 aromatic carbocycles. The predicted octanol–water partition coefficient (Wildman–Crippen LogP) is 2.37. The van der Waals surface area contributed by atoms with Crippen LogP contribution in [-0.4, -0.2) is 25.4 Å². The number of hydrogen-bond donors (Lipinski definition) is 2. The van der Waals surface area contributed by atoms with Crippen LogP contribution in [0.5, 0.6) is 0 Å². The van der Waals surface area contributed by atoms with Gasteiger partial charge in [-0.2, -0.15) is 4.37 Å². The first-order chi connectivity index (χ1) is 10.2. The highest BCUT2D eigenvalue weighted by molar-refractivity contribution is 8.01. The molecule has 0 saturated heterocycles. The third-order valence-corrected chi connectivity index (χ3v) is 5.19. The second-order valence-corrected chi connectivity index (χ2v) is 6.84. The van der Waals surface area contributed by atoms with Crippen molar-refractivity contribution in [3.8, 4) is 0 Å². The Kier molecular flexibility index (Phi) is 4.07. The Morgan fingerprint density at radius 2 is 2.19 bits per heavy atom. The molecule has 21 heavy (non-hydrogen) atoms. The summed E-state index contributed by atoms with van der Waals surface area (Å²) >= 11 is 2.74. The Balaban J connectivity index is 2.03. The molecule has 0 amide bonds. The van der Waals surface area contributed by atoms with Crippen molar-refractivity contribution in [1.82, 2.24) is 14.3 Å². The highest BCUT2D eigenvalue weighted by Crippen LogP contribution is 2.33. The van der Waals surface area contributed by atoms with Gasteiger partial charge in [0.2, 0.25) is 0 Å². The molecule has 3 N–H and O–H groups in total. The van der Waals surface area contributed by atoms with Crippen LogP contribution in [0.1, 0.15) is 35.5 Å². The topological polar surface area (TPSA) is 97.3 Å². The summed E-state index contributed by atoms with van der Waals surface area (Å²) in [7, 11) is 0. The van der Waals surface area contributed by atoms with Gasteiger partial charge < -0.3 is 10.9 Å². The molecule has 2 heterocycles. The van der Waals surface area contributed by atoms with Crippen molar-refractivity contribution in [3.63, 3.8) is 0 Å². The van der Waals surface area contributed by atoms with E-state index < -0.39 is 0 Å². The Bertz CT molecular complexity index is 698. The lowest BCUT2D eigenvalue weighted by molar-refractivity contribution is 0.318. The molecule has 2 aromatic rings. The smallest absolute Gasteiger partial charge is 0.176 e. The molecular weight excluding hydrogens is 306 g/mol. The molecule has 0 aliphatic heterocycles. The number of rotatable bonds is 3. The monoisotopic (exact) mass is 321 g/mol. The van der Waals surface area contributed by atoms with Crippen molar-refractivity contribution in [2.45, 2.75) is 42.0 Å². The molecule has 0 radical (unpaired) electrons. The summed E-state index contributed by atoms with van der Waals surface area (Å²) in [5.41, 5.74) is 8.77. The van der Waals surface area contributed by atoms with Crippen LogP contribution in [0.4, 0.5) is 0 Å². The minimum Gasteiger partial charge on any atom is -0.409 e.